The maximum atomic E-state index is 11.2. The number of benzene rings is 1. The molecule has 0 fully saturated rings. The Balaban J connectivity index is 2.05. The van der Waals surface area contributed by atoms with Crippen LogP contribution < -0.4 is 11.0 Å². The molecule has 2 N–H and O–H groups in total. The number of nitrogens with zero attached hydrogens (tertiary/aromatic N) is 3. The Bertz CT molecular complexity index is 576. The lowest BCUT2D eigenvalue weighted by Gasteiger charge is -1.97. The molecule has 0 saturated heterocycles. The first kappa shape index (κ1) is 11.0. The standard InChI is InChI=1S/C11H11N5O/c1-8-10(17)13-11(16-14-8)15-12-7-9-5-3-2-4-6-9/h2-7H,1H3,(H2,13,15,16,17)/b12-7+. The first-order chi connectivity index (χ1) is 8.25. The normalized spacial score (nSPS) is 10.6. The van der Waals surface area contributed by atoms with Gasteiger partial charge in [0.2, 0.25) is 5.95 Å². The number of nitrogens with one attached hydrogen (secondary N) is 2. The summed E-state index contributed by atoms with van der Waals surface area (Å²) in [5, 5.41) is 11.3. The molecule has 17 heavy (non-hydrogen) atoms. The van der Waals surface area contributed by atoms with Gasteiger partial charge >= 0.3 is 0 Å². The summed E-state index contributed by atoms with van der Waals surface area (Å²) in [5.74, 6) is 0.216. The Hall–Kier alpha value is -2.50. The van der Waals surface area contributed by atoms with Gasteiger partial charge in [-0.05, 0) is 12.5 Å². The molecule has 86 valence electrons. The second kappa shape index (κ2) is 5.02. The lowest BCUT2D eigenvalue weighted by Crippen LogP contribution is -2.15. The van der Waals surface area contributed by atoms with Crippen LogP contribution in [0.5, 0.6) is 0 Å². The van der Waals surface area contributed by atoms with Gasteiger partial charge in [0.05, 0.1) is 6.21 Å². The van der Waals surface area contributed by atoms with Crippen LogP contribution in [0, 0.1) is 6.92 Å². The predicted molar refractivity (Wildman–Crippen MR) is 65.0 cm³/mol. The van der Waals surface area contributed by atoms with Crippen LogP contribution in [0.25, 0.3) is 0 Å². The van der Waals surface area contributed by atoms with E-state index < -0.39 is 0 Å². The molecule has 6 heteroatoms. The molecule has 0 radical (unpaired) electrons. The fourth-order valence-corrected chi connectivity index (χ4v) is 1.15. The van der Waals surface area contributed by atoms with Crippen molar-refractivity contribution in [3.63, 3.8) is 0 Å². The van der Waals surface area contributed by atoms with Gasteiger partial charge in [0, 0.05) is 0 Å². The van der Waals surface area contributed by atoms with Gasteiger partial charge in [0.25, 0.3) is 5.56 Å². The van der Waals surface area contributed by atoms with E-state index >= 15 is 0 Å². The average molecular weight is 229 g/mol. The van der Waals surface area contributed by atoms with Gasteiger partial charge in [-0.2, -0.15) is 5.10 Å². The first-order valence-electron chi connectivity index (χ1n) is 5.03. The van der Waals surface area contributed by atoms with Crippen molar-refractivity contribution in [2.45, 2.75) is 6.92 Å². The molecule has 1 heterocycles. The highest BCUT2D eigenvalue weighted by atomic mass is 16.1. The molecule has 0 bridgehead atoms. The first-order valence-corrected chi connectivity index (χ1v) is 5.03. The second-order valence-corrected chi connectivity index (χ2v) is 3.37. The molecule has 0 aliphatic carbocycles. The van der Waals surface area contributed by atoms with E-state index in [1.807, 2.05) is 30.3 Å². The van der Waals surface area contributed by atoms with Crippen LogP contribution >= 0.6 is 0 Å². The smallest absolute Gasteiger partial charge is 0.274 e. The summed E-state index contributed by atoms with van der Waals surface area (Å²) >= 11 is 0. The van der Waals surface area contributed by atoms with Crippen molar-refractivity contribution in [3.05, 3.63) is 51.9 Å². The molecule has 2 aromatic rings. The third-order valence-corrected chi connectivity index (χ3v) is 2.04. The fourth-order valence-electron chi connectivity index (χ4n) is 1.15. The van der Waals surface area contributed by atoms with Crippen molar-refractivity contribution in [3.8, 4) is 0 Å². The molecule has 1 aromatic heterocycles. The zero-order valence-electron chi connectivity index (χ0n) is 9.21. The molecular weight excluding hydrogens is 218 g/mol. The summed E-state index contributed by atoms with van der Waals surface area (Å²) in [6.45, 7) is 1.59. The highest BCUT2D eigenvalue weighted by Crippen LogP contribution is 1.95. The third-order valence-electron chi connectivity index (χ3n) is 2.04. The van der Waals surface area contributed by atoms with Crippen molar-refractivity contribution >= 4 is 12.2 Å². The maximum absolute atomic E-state index is 11.2. The van der Waals surface area contributed by atoms with Gasteiger partial charge in [0.1, 0.15) is 5.69 Å². The lowest BCUT2D eigenvalue weighted by atomic mass is 10.2. The maximum Gasteiger partial charge on any atom is 0.274 e. The zero-order valence-corrected chi connectivity index (χ0v) is 9.21. The summed E-state index contributed by atoms with van der Waals surface area (Å²) in [4.78, 5) is 13.7. The van der Waals surface area contributed by atoms with E-state index in [9.17, 15) is 4.79 Å². The molecule has 0 aliphatic rings. The van der Waals surface area contributed by atoms with Gasteiger partial charge in [-0.15, -0.1) is 10.2 Å². The Kier molecular flexibility index (Phi) is 3.25. The Morgan fingerprint density at radius 1 is 1.29 bits per heavy atom. The number of rotatable bonds is 3. The monoisotopic (exact) mass is 229 g/mol. The number of aryl methyl sites for hydroxylation is 1. The van der Waals surface area contributed by atoms with Gasteiger partial charge in [-0.25, -0.2) is 5.43 Å². The quantitative estimate of drug-likeness (QED) is 0.605. The number of aromatic amines is 1. The van der Waals surface area contributed by atoms with E-state index in [1.54, 1.807) is 13.1 Å². The molecule has 2 rings (SSSR count). The van der Waals surface area contributed by atoms with Crippen LogP contribution in [-0.2, 0) is 0 Å². The number of hydrogen-bond acceptors (Lipinski definition) is 5. The van der Waals surface area contributed by atoms with Crippen molar-refractivity contribution in [2.75, 3.05) is 5.43 Å². The third kappa shape index (κ3) is 2.97. The molecule has 1 aromatic carbocycles. The van der Waals surface area contributed by atoms with E-state index in [0.29, 0.717) is 5.69 Å². The number of anilines is 1. The minimum atomic E-state index is -0.280. The van der Waals surface area contributed by atoms with E-state index in [0.717, 1.165) is 5.56 Å². The highest BCUT2D eigenvalue weighted by Gasteiger charge is 1.97. The molecule has 0 atom stereocenters. The number of hydrogen-bond donors (Lipinski definition) is 2. The lowest BCUT2D eigenvalue weighted by molar-refractivity contribution is 0.897. The van der Waals surface area contributed by atoms with Gasteiger partial charge in [0.15, 0.2) is 0 Å². The Labute approximate surface area is 97.4 Å². The van der Waals surface area contributed by atoms with Crippen LogP contribution in [0.2, 0.25) is 0 Å². The molecule has 6 nitrogen and oxygen atoms in total. The van der Waals surface area contributed by atoms with Gasteiger partial charge in [-0.1, -0.05) is 30.3 Å². The molecule has 0 spiro atoms. The largest absolute Gasteiger partial charge is 0.288 e. The van der Waals surface area contributed by atoms with Crippen LogP contribution in [0.3, 0.4) is 0 Å². The van der Waals surface area contributed by atoms with E-state index in [-0.39, 0.29) is 11.5 Å². The second-order valence-electron chi connectivity index (χ2n) is 3.37. The number of hydrazone groups is 1. The molecule has 0 saturated carbocycles. The highest BCUT2D eigenvalue weighted by molar-refractivity contribution is 5.79. The minimum absolute atomic E-state index is 0.216. The average Bonchev–Trinajstić information content (AvgIpc) is 2.35. The van der Waals surface area contributed by atoms with Crippen molar-refractivity contribution < 1.29 is 0 Å². The summed E-state index contributed by atoms with van der Waals surface area (Å²) in [7, 11) is 0. The molecular formula is C11H11N5O. The number of aromatic nitrogens is 3. The van der Waals surface area contributed by atoms with Crippen molar-refractivity contribution in [1.29, 1.82) is 0 Å². The zero-order chi connectivity index (χ0) is 12.1. The van der Waals surface area contributed by atoms with Crippen LogP contribution in [0.15, 0.2) is 40.2 Å². The SMILES string of the molecule is Cc1nnc(N/N=C/c2ccccc2)[nH]c1=O. The van der Waals surface area contributed by atoms with Crippen molar-refractivity contribution in [2.24, 2.45) is 5.10 Å². The predicted octanol–water partition coefficient (Wildman–Crippen LogP) is 0.919. The van der Waals surface area contributed by atoms with E-state index in [4.69, 9.17) is 0 Å². The Morgan fingerprint density at radius 2 is 2.06 bits per heavy atom. The molecule has 0 aliphatic heterocycles. The van der Waals surface area contributed by atoms with Gasteiger partial charge < -0.3 is 0 Å². The number of H-pyrrole nitrogens is 1. The molecule has 0 unspecified atom stereocenters. The van der Waals surface area contributed by atoms with Crippen LogP contribution in [-0.4, -0.2) is 21.4 Å². The summed E-state index contributed by atoms with van der Waals surface area (Å²) < 4.78 is 0. The van der Waals surface area contributed by atoms with E-state index in [1.165, 1.54) is 0 Å². The Morgan fingerprint density at radius 3 is 2.76 bits per heavy atom. The summed E-state index contributed by atoms with van der Waals surface area (Å²) in [6, 6.07) is 9.57. The van der Waals surface area contributed by atoms with Crippen LogP contribution in [0.4, 0.5) is 5.95 Å². The minimum Gasteiger partial charge on any atom is -0.288 e. The van der Waals surface area contributed by atoms with Crippen molar-refractivity contribution in [1.82, 2.24) is 15.2 Å². The summed E-state index contributed by atoms with van der Waals surface area (Å²) in [6.07, 6.45) is 1.62. The summed E-state index contributed by atoms with van der Waals surface area (Å²) in [5.41, 5.74) is 3.59. The molecule has 0 amide bonds. The van der Waals surface area contributed by atoms with E-state index in [2.05, 4.69) is 25.7 Å². The van der Waals surface area contributed by atoms with Gasteiger partial charge in [-0.3, -0.25) is 9.78 Å². The fraction of sp³-hybridized carbons (Fsp3) is 0.0909. The topological polar surface area (TPSA) is 83.0 Å². The van der Waals surface area contributed by atoms with Crippen LogP contribution in [0.1, 0.15) is 11.3 Å².